The second kappa shape index (κ2) is 3.78. The second-order valence-corrected chi connectivity index (χ2v) is 2.65. The van der Waals surface area contributed by atoms with Crippen molar-refractivity contribution in [1.82, 2.24) is 9.78 Å². The molecule has 6 heteroatoms. The van der Waals surface area contributed by atoms with Gasteiger partial charge < -0.3 is 5.73 Å². The van der Waals surface area contributed by atoms with Crippen molar-refractivity contribution >= 4 is 0 Å². The van der Waals surface area contributed by atoms with Gasteiger partial charge in [0.2, 0.25) is 0 Å². The number of rotatable bonds is 3. The van der Waals surface area contributed by atoms with Gasteiger partial charge in [0.15, 0.2) is 0 Å². The van der Waals surface area contributed by atoms with Crippen LogP contribution in [0.25, 0.3) is 0 Å². The topological polar surface area (TPSA) is 43.8 Å². The molecule has 0 fully saturated rings. The third-order valence-corrected chi connectivity index (χ3v) is 1.57. The molecule has 0 unspecified atom stereocenters. The SMILES string of the molecule is NCCCc1cnn(C(F)(F)F)c1. The van der Waals surface area contributed by atoms with Crippen LogP contribution in [0, 0.1) is 0 Å². The Kier molecular flexibility index (Phi) is 2.92. The summed E-state index contributed by atoms with van der Waals surface area (Å²) in [5, 5.41) is 3.19. The fourth-order valence-electron chi connectivity index (χ4n) is 0.934. The van der Waals surface area contributed by atoms with E-state index in [1.165, 1.54) is 6.20 Å². The van der Waals surface area contributed by atoms with E-state index < -0.39 is 6.30 Å². The van der Waals surface area contributed by atoms with E-state index in [-0.39, 0.29) is 4.68 Å². The highest BCUT2D eigenvalue weighted by atomic mass is 19.4. The van der Waals surface area contributed by atoms with E-state index in [0.29, 0.717) is 24.9 Å². The monoisotopic (exact) mass is 193 g/mol. The van der Waals surface area contributed by atoms with Gasteiger partial charge in [0, 0.05) is 6.20 Å². The Bertz CT molecular complexity index is 266. The Hall–Kier alpha value is -1.04. The zero-order valence-corrected chi connectivity index (χ0v) is 6.88. The van der Waals surface area contributed by atoms with Crippen LogP contribution in [0.5, 0.6) is 0 Å². The minimum absolute atomic E-state index is 0.00114. The van der Waals surface area contributed by atoms with Crippen molar-refractivity contribution in [3.63, 3.8) is 0 Å². The number of nitrogens with two attached hydrogens (primary N) is 1. The molecule has 0 amide bonds. The molecule has 1 rings (SSSR count). The Morgan fingerprint density at radius 2 is 2.15 bits per heavy atom. The van der Waals surface area contributed by atoms with Gasteiger partial charge >= 0.3 is 6.30 Å². The number of aromatic nitrogens is 2. The van der Waals surface area contributed by atoms with Crippen LogP contribution in [0.3, 0.4) is 0 Å². The lowest BCUT2D eigenvalue weighted by Gasteiger charge is -2.03. The first-order chi connectivity index (χ1) is 6.04. The lowest BCUT2D eigenvalue weighted by molar-refractivity contribution is -0.212. The molecule has 2 N–H and O–H groups in total. The summed E-state index contributed by atoms with van der Waals surface area (Å²) in [6.07, 6.45) is -1.02. The first-order valence-corrected chi connectivity index (χ1v) is 3.85. The largest absolute Gasteiger partial charge is 0.504 e. The summed E-state index contributed by atoms with van der Waals surface area (Å²) in [4.78, 5) is 0. The van der Waals surface area contributed by atoms with Gasteiger partial charge in [-0.05, 0) is 24.9 Å². The molecule has 1 heterocycles. The van der Waals surface area contributed by atoms with Crippen LogP contribution in [0.4, 0.5) is 13.2 Å². The van der Waals surface area contributed by atoms with E-state index in [4.69, 9.17) is 5.73 Å². The van der Waals surface area contributed by atoms with Gasteiger partial charge in [-0.2, -0.15) is 9.78 Å². The van der Waals surface area contributed by atoms with E-state index in [0.717, 1.165) is 6.20 Å². The molecule has 13 heavy (non-hydrogen) atoms. The van der Waals surface area contributed by atoms with Gasteiger partial charge in [-0.3, -0.25) is 0 Å². The summed E-state index contributed by atoms with van der Waals surface area (Å²) in [7, 11) is 0. The normalized spacial score (nSPS) is 12.0. The minimum atomic E-state index is -4.42. The van der Waals surface area contributed by atoms with Crippen LogP contribution in [0.2, 0.25) is 0 Å². The number of hydrogen-bond donors (Lipinski definition) is 1. The number of alkyl halides is 3. The molecule has 3 nitrogen and oxygen atoms in total. The van der Waals surface area contributed by atoms with E-state index in [2.05, 4.69) is 5.10 Å². The van der Waals surface area contributed by atoms with Crippen molar-refractivity contribution in [3.8, 4) is 0 Å². The average molecular weight is 193 g/mol. The minimum Gasteiger partial charge on any atom is -0.330 e. The van der Waals surface area contributed by atoms with Gasteiger partial charge in [0.05, 0.1) is 6.20 Å². The van der Waals surface area contributed by atoms with Crippen LogP contribution >= 0.6 is 0 Å². The smallest absolute Gasteiger partial charge is 0.330 e. The summed E-state index contributed by atoms with van der Waals surface area (Å²) >= 11 is 0. The third-order valence-electron chi connectivity index (χ3n) is 1.57. The molecule has 0 bridgehead atoms. The molecular weight excluding hydrogens is 183 g/mol. The summed E-state index contributed by atoms with van der Waals surface area (Å²) in [6, 6.07) is 0. The zero-order chi connectivity index (χ0) is 9.90. The Morgan fingerprint density at radius 1 is 1.46 bits per heavy atom. The van der Waals surface area contributed by atoms with E-state index in [9.17, 15) is 13.2 Å². The van der Waals surface area contributed by atoms with E-state index >= 15 is 0 Å². The molecule has 0 aliphatic heterocycles. The molecule has 74 valence electrons. The second-order valence-electron chi connectivity index (χ2n) is 2.65. The molecule has 0 aliphatic rings. The standard InChI is InChI=1S/C7H10F3N3/c8-7(9,10)13-5-6(4-12-13)2-1-3-11/h4-5H,1-3,11H2. The molecule has 0 saturated carbocycles. The summed E-state index contributed by atoms with van der Waals surface area (Å²) in [5.74, 6) is 0. The molecule has 1 aromatic rings. The maximum Gasteiger partial charge on any atom is 0.504 e. The quantitative estimate of drug-likeness (QED) is 0.785. The number of aryl methyl sites for hydroxylation is 1. The van der Waals surface area contributed by atoms with Crippen LogP contribution in [0.15, 0.2) is 12.4 Å². The highest BCUT2D eigenvalue weighted by Gasteiger charge is 2.31. The number of halogens is 3. The summed E-state index contributed by atoms with van der Waals surface area (Å²) < 4.78 is 36.0. The molecule has 0 spiro atoms. The van der Waals surface area contributed by atoms with Crippen LogP contribution in [-0.2, 0) is 12.7 Å². The van der Waals surface area contributed by atoms with Crippen LogP contribution in [0.1, 0.15) is 12.0 Å². The highest BCUT2D eigenvalue weighted by Crippen LogP contribution is 2.21. The van der Waals surface area contributed by atoms with Crippen molar-refractivity contribution in [2.75, 3.05) is 6.54 Å². The van der Waals surface area contributed by atoms with Crippen molar-refractivity contribution in [2.24, 2.45) is 5.73 Å². The van der Waals surface area contributed by atoms with E-state index in [1.54, 1.807) is 0 Å². The van der Waals surface area contributed by atoms with Crippen molar-refractivity contribution in [3.05, 3.63) is 18.0 Å². The van der Waals surface area contributed by atoms with Gasteiger partial charge in [-0.25, -0.2) is 0 Å². The first-order valence-electron chi connectivity index (χ1n) is 3.85. The van der Waals surface area contributed by atoms with Crippen molar-refractivity contribution in [1.29, 1.82) is 0 Å². The number of nitrogens with zero attached hydrogens (tertiary/aromatic N) is 2. The van der Waals surface area contributed by atoms with Gasteiger partial charge in [0.1, 0.15) is 0 Å². The van der Waals surface area contributed by atoms with Crippen LogP contribution in [-0.4, -0.2) is 16.3 Å². The maximum atomic E-state index is 12.0. The summed E-state index contributed by atoms with van der Waals surface area (Å²) in [5.41, 5.74) is 5.78. The number of hydrogen-bond acceptors (Lipinski definition) is 2. The van der Waals surface area contributed by atoms with Crippen LogP contribution < -0.4 is 5.73 Å². The molecule has 0 atom stereocenters. The third kappa shape index (κ3) is 2.73. The van der Waals surface area contributed by atoms with Crippen molar-refractivity contribution < 1.29 is 13.2 Å². The van der Waals surface area contributed by atoms with Gasteiger partial charge in [0.25, 0.3) is 0 Å². The fourth-order valence-corrected chi connectivity index (χ4v) is 0.934. The first kappa shape index (κ1) is 10.0. The lowest BCUT2D eigenvalue weighted by Crippen LogP contribution is -2.16. The van der Waals surface area contributed by atoms with Gasteiger partial charge in [-0.1, -0.05) is 0 Å². The Labute approximate surface area is 73.3 Å². The molecule has 0 radical (unpaired) electrons. The predicted octanol–water partition coefficient (Wildman–Crippen LogP) is 1.25. The van der Waals surface area contributed by atoms with Gasteiger partial charge in [-0.15, -0.1) is 13.2 Å². The predicted molar refractivity (Wildman–Crippen MR) is 40.9 cm³/mol. The molecular formula is C7H10F3N3. The fraction of sp³-hybridized carbons (Fsp3) is 0.571. The molecule has 0 aromatic carbocycles. The highest BCUT2D eigenvalue weighted by molar-refractivity contribution is 5.04. The Balaban J connectivity index is 2.64. The lowest BCUT2D eigenvalue weighted by atomic mass is 10.2. The van der Waals surface area contributed by atoms with Crippen molar-refractivity contribution in [2.45, 2.75) is 19.1 Å². The summed E-state index contributed by atoms with van der Waals surface area (Å²) in [6.45, 7) is 0.469. The molecule has 1 aromatic heterocycles. The molecule has 0 aliphatic carbocycles. The molecule has 0 saturated heterocycles. The van der Waals surface area contributed by atoms with E-state index in [1.807, 2.05) is 0 Å². The zero-order valence-electron chi connectivity index (χ0n) is 6.88. The maximum absolute atomic E-state index is 12.0. The average Bonchev–Trinajstić information content (AvgIpc) is 2.47. The Morgan fingerprint density at radius 3 is 2.62 bits per heavy atom.